The van der Waals surface area contributed by atoms with E-state index in [1.807, 2.05) is 0 Å². The van der Waals surface area contributed by atoms with E-state index in [2.05, 4.69) is 35.9 Å². The van der Waals surface area contributed by atoms with Crippen molar-refractivity contribution in [1.82, 2.24) is 0 Å². The van der Waals surface area contributed by atoms with Gasteiger partial charge < -0.3 is 4.74 Å². The average Bonchev–Trinajstić information content (AvgIpc) is 2.75. The van der Waals surface area contributed by atoms with Crippen LogP contribution in [0.4, 0.5) is 17.6 Å². The highest BCUT2D eigenvalue weighted by atomic mass is 19.4. The molecule has 3 aromatic carbocycles. The van der Waals surface area contributed by atoms with E-state index in [9.17, 15) is 17.6 Å². The molecule has 1 saturated carbocycles. The summed E-state index contributed by atoms with van der Waals surface area (Å²) in [6.07, 6.45) is 1.38. The van der Waals surface area contributed by atoms with E-state index in [1.165, 1.54) is 49.8 Å². The fourth-order valence-electron chi connectivity index (χ4n) is 4.51. The molecule has 0 amide bonds. The number of hydrogen-bond acceptors (Lipinski definition) is 1. The standard InChI is InChI=1S/C25H24F4O/c1-2-16-3-5-17(6-4-16)18-7-9-19(10-8-18)20-11-13-22-21(15-20)12-14-23(24(22)26)30-25(27,28)29/h7-17H,2-6H2,1H3/t16-,17-. The minimum absolute atomic E-state index is 0.102. The van der Waals surface area contributed by atoms with Crippen LogP contribution in [0.2, 0.25) is 0 Å². The van der Waals surface area contributed by atoms with Gasteiger partial charge in [0.2, 0.25) is 0 Å². The van der Waals surface area contributed by atoms with Gasteiger partial charge in [-0.05, 0) is 71.7 Å². The number of halogens is 4. The predicted octanol–water partition coefficient (Wildman–Crippen LogP) is 8.23. The van der Waals surface area contributed by atoms with Gasteiger partial charge in [0.25, 0.3) is 0 Å². The highest BCUT2D eigenvalue weighted by molar-refractivity contribution is 5.89. The van der Waals surface area contributed by atoms with E-state index >= 15 is 0 Å². The van der Waals surface area contributed by atoms with Crippen molar-refractivity contribution in [3.8, 4) is 16.9 Å². The first-order valence-corrected chi connectivity index (χ1v) is 10.4. The van der Waals surface area contributed by atoms with Crippen LogP contribution in [0.15, 0.2) is 54.6 Å². The van der Waals surface area contributed by atoms with Crippen LogP contribution < -0.4 is 4.74 Å². The molecule has 1 aliphatic carbocycles. The van der Waals surface area contributed by atoms with Crippen molar-refractivity contribution in [3.05, 3.63) is 66.0 Å². The molecule has 0 bridgehead atoms. The van der Waals surface area contributed by atoms with Gasteiger partial charge in [-0.25, -0.2) is 4.39 Å². The molecule has 158 valence electrons. The average molecular weight is 416 g/mol. The van der Waals surface area contributed by atoms with Gasteiger partial charge in [0.15, 0.2) is 11.6 Å². The summed E-state index contributed by atoms with van der Waals surface area (Å²) in [5.41, 5.74) is 3.25. The van der Waals surface area contributed by atoms with E-state index in [0.717, 1.165) is 23.1 Å². The zero-order chi connectivity index (χ0) is 21.3. The molecule has 1 nitrogen and oxygen atoms in total. The van der Waals surface area contributed by atoms with Crippen LogP contribution in [0.25, 0.3) is 21.9 Å². The van der Waals surface area contributed by atoms with Crippen molar-refractivity contribution >= 4 is 10.8 Å². The molecule has 0 atom stereocenters. The summed E-state index contributed by atoms with van der Waals surface area (Å²) in [5, 5.41) is 0.631. The minimum atomic E-state index is -4.92. The highest BCUT2D eigenvalue weighted by Crippen LogP contribution is 2.38. The fourth-order valence-corrected chi connectivity index (χ4v) is 4.51. The molecule has 4 rings (SSSR count). The second-order valence-electron chi connectivity index (χ2n) is 8.11. The van der Waals surface area contributed by atoms with Gasteiger partial charge in [0.1, 0.15) is 0 Å². The van der Waals surface area contributed by atoms with Crippen molar-refractivity contribution in [2.24, 2.45) is 5.92 Å². The molecule has 0 N–H and O–H groups in total. The lowest BCUT2D eigenvalue weighted by Crippen LogP contribution is -2.17. The van der Waals surface area contributed by atoms with Crippen LogP contribution in [0, 0.1) is 11.7 Å². The lowest BCUT2D eigenvalue weighted by molar-refractivity contribution is -0.275. The smallest absolute Gasteiger partial charge is 0.403 e. The monoisotopic (exact) mass is 416 g/mol. The van der Waals surface area contributed by atoms with E-state index < -0.39 is 17.9 Å². The summed E-state index contributed by atoms with van der Waals surface area (Å²) < 4.78 is 55.5. The topological polar surface area (TPSA) is 9.23 Å². The van der Waals surface area contributed by atoms with Crippen LogP contribution in [0.5, 0.6) is 5.75 Å². The third kappa shape index (κ3) is 4.45. The minimum Gasteiger partial charge on any atom is -0.403 e. The Morgan fingerprint density at radius 3 is 2.17 bits per heavy atom. The molecule has 0 heterocycles. The molecule has 0 unspecified atom stereocenters. The fraction of sp³-hybridized carbons (Fsp3) is 0.360. The third-order valence-electron chi connectivity index (χ3n) is 6.28. The third-order valence-corrected chi connectivity index (χ3v) is 6.28. The van der Waals surface area contributed by atoms with Crippen molar-refractivity contribution in [2.45, 2.75) is 51.3 Å². The summed E-state index contributed by atoms with van der Waals surface area (Å²) in [4.78, 5) is 0. The lowest BCUT2D eigenvalue weighted by atomic mass is 9.77. The summed E-state index contributed by atoms with van der Waals surface area (Å²) in [7, 11) is 0. The first-order valence-electron chi connectivity index (χ1n) is 10.4. The Labute approximate surface area is 173 Å². The molecular formula is C25H24F4O. The van der Waals surface area contributed by atoms with Gasteiger partial charge in [0.05, 0.1) is 0 Å². The first kappa shape index (κ1) is 20.7. The van der Waals surface area contributed by atoms with Gasteiger partial charge in [-0.15, -0.1) is 13.2 Å². The summed E-state index contributed by atoms with van der Waals surface area (Å²) in [5.74, 6) is -0.348. The number of hydrogen-bond donors (Lipinski definition) is 0. The molecule has 1 fully saturated rings. The Kier molecular flexibility index (Phi) is 5.72. The van der Waals surface area contributed by atoms with Gasteiger partial charge in [0, 0.05) is 5.39 Å². The molecule has 3 aromatic rings. The quantitative estimate of drug-likeness (QED) is 0.389. The van der Waals surface area contributed by atoms with Crippen molar-refractivity contribution in [2.75, 3.05) is 0 Å². The van der Waals surface area contributed by atoms with Gasteiger partial charge >= 0.3 is 6.36 Å². The lowest BCUT2D eigenvalue weighted by Gasteiger charge is -2.28. The number of benzene rings is 3. The Morgan fingerprint density at radius 2 is 1.53 bits per heavy atom. The summed E-state index contributed by atoms with van der Waals surface area (Å²) in [6.45, 7) is 2.26. The predicted molar refractivity (Wildman–Crippen MR) is 111 cm³/mol. The maximum absolute atomic E-state index is 14.4. The number of rotatable bonds is 4. The Balaban J connectivity index is 1.55. The maximum atomic E-state index is 14.4. The zero-order valence-electron chi connectivity index (χ0n) is 16.8. The highest BCUT2D eigenvalue weighted by Gasteiger charge is 2.32. The molecule has 0 saturated heterocycles. The first-order chi connectivity index (χ1) is 14.3. The SMILES string of the molecule is CC[C@H]1CC[C@H](c2ccc(-c3ccc4c(F)c(OC(F)(F)F)ccc4c3)cc2)CC1. The zero-order valence-corrected chi connectivity index (χ0v) is 16.8. The van der Waals surface area contributed by atoms with Crippen molar-refractivity contribution < 1.29 is 22.3 Å². The van der Waals surface area contributed by atoms with E-state index in [1.54, 1.807) is 12.1 Å². The Morgan fingerprint density at radius 1 is 0.867 bits per heavy atom. The molecule has 0 aromatic heterocycles. The normalized spacial score (nSPS) is 19.8. The maximum Gasteiger partial charge on any atom is 0.573 e. The van der Waals surface area contributed by atoms with Crippen LogP contribution >= 0.6 is 0 Å². The molecule has 0 radical (unpaired) electrons. The number of ether oxygens (including phenoxy) is 1. The summed E-state index contributed by atoms with van der Waals surface area (Å²) >= 11 is 0. The molecule has 30 heavy (non-hydrogen) atoms. The molecular weight excluding hydrogens is 392 g/mol. The van der Waals surface area contributed by atoms with Crippen LogP contribution in [0.3, 0.4) is 0 Å². The molecule has 1 aliphatic rings. The molecule has 0 aliphatic heterocycles. The van der Waals surface area contributed by atoms with Gasteiger partial charge in [-0.2, -0.15) is 0 Å². The molecule has 5 heteroatoms. The second kappa shape index (κ2) is 8.29. The van der Waals surface area contributed by atoms with Crippen LogP contribution in [-0.4, -0.2) is 6.36 Å². The van der Waals surface area contributed by atoms with Crippen molar-refractivity contribution in [1.29, 1.82) is 0 Å². The Bertz CT molecular complexity index is 1020. The van der Waals surface area contributed by atoms with Crippen LogP contribution in [0.1, 0.15) is 50.5 Å². The van der Waals surface area contributed by atoms with Crippen molar-refractivity contribution in [3.63, 3.8) is 0 Å². The van der Waals surface area contributed by atoms with E-state index in [-0.39, 0.29) is 5.39 Å². The van der Waals surface area contributed by atoms with E-state index in [0.29, 0.717) is 11.3 Å². The molecule has 0 spiro atoms. The van der Waals surface area contributed by atoms with E-state index in [4.69, 9.17) is 0 Å². The second-order valence-corrected chi connectivity index (χ2v) is 8.11. The largest absolute Gasteiger partial charge is 0.573 e. The Hall–Kier alpha value is -2.56. The van der Waals surface area contributed by atoms with Crippen LogP contribution in [-0.2, 0) is 0 Å². The summed E-state index contributed by atoms with van der Waals surface area (Å²) in [6, 6.07) is 16.0. The van der Waals surface area contributed by atoms with Gasteiger partial charge in [-0.3, -0.25) is 0 Å². The number of fused-ring (bicyclic) bond motifs is 1. The number of alkyl halides is 3. The van der Waals surface area contributed by atoms with Gasteiger partial charge in [-0.1, -0.05) is 55.8 Å².